The molecule has 0 N–H and O–H groups in total. The van der Waals surface area contributed by atoms with Gasteiger partial charge in [-0.3, -0.25) is 0 Å². The third-order valence-corrected chi connectivity index (χ3v) is 4.93. The van der Waals surface area contributed by atoms with E-state index in [0.29, 0.717) is 43.3 Å². The lowest BCUT2D eigenvalue weighted by Gasteiger charge is -2.23. The first kappa shape index (κ1) is 19.6. The van der Waals surface area contributed by atoms with Crippen LogP contribution in [0.2, 0.25) is 0 Å². The van der Waals surface area contributed by atoms with E-state index in [-0.39, 0.29) is 25.0 Å². The highest BCUT2D eigenvalue weighted by Gasteiger charge is 2.38. The highest BCUT2D eigenvalue weighted by Crippen LogP contribution is 2.23. The number of nitriles is 1. The van der Waals surface area contributed by atoms with Gasteiger partial charge in [0.05, 0.1) is 24.8 Å². The predicted molar refractivity (Wildman–Crippen MR) is 97.5 cm³/mol. The molecule has 2 aliphatic heterocycles. The molecule has 2 saturated heterocycles. The van der Waals surface area contributed by atoms with Gasteiger partial charge < -0.3 is 14.4 Å². The van der Waals surface area contributed by atoms with Crippen molar-refractivity contribution in [3.63, 3.8) is 0 Å². The summed E-state index contributed by atoms with van der Waals surface area (Å²) < 4.78 is 10.7. The smallest absolute Gasteiger partial charge is 0.417 e. The highest BCUT2D eigenvalue weighted by molar-refractivity contribution is 5.95. The van der Waals surface area contributed by atoms with Crippen LogP contribution in [0.15, 0.2) is 29.4 Å². The minimum Gasteiger partial charge on any atom is -0.444 e. The average molecular weight is 387 g/mol. The molecule has 1 aromatic carbocycles. The lowest BCUT2D eigenvalue weighted by atomic mass is 9.98. The first-order chi connectivity index (χ1) is 13.5. The van der Waals surface area contributed by atoms with E-state index >= 15 is 0 Å². The molecule has 0 spiro atoms. The summed E-state index contributed by atoms with van der Waals surface area (Å²) in [5.74, 6) is 0.565. The largest absolute Gasteiger partial charge is 0.444 e. The molecular formula is C18H21N5O5. The molecule has 3 rings (SSSR count). The third kappa shape index (κ3) is 4.55. The molecule has 148 valence electrons. The maximum Gasteiger partial charge on any atom is 0.417 e. The molecular weight excluding hydrogens is 366 g/mol. The lowest BCUT2D eigenvalue weighted by molar-refractivity contribution is -0.486. The van der Waals surface area contributed by atoms with Gasteiger partial charge in [0.2, 0.25) is 0 Å². The molecule has 0 radical (unpaired) electrons. The van der Waals surface area contributed by atoms with Crippen LogP contribution in [-0.4, -0.2) is 59.7 Å². The standard InChI is InChI=1S/C18H21N5O5/c1-13-10-27-12-16(13)9-21-6-7-22(17(21)20-23(25)26)18(24)28-11-15-4-2-14(8-19)3-5-15/h2-5,13,16H,6-7,9-12H2,1H3. The van der Waals surface area contributed by atoms with Crippen molar-refractivity contribution in [2.24, 2.45) is 16.9 Å². The maximum absolute atomic E-state index is 12.5. The van der Waals surface area contributed by atoms with Gasteiger partial charge in [-0.25, -0.2) is 19.8 Å². The van der Waals surface area contributed by atoms with Gasteiger partial charge in [0.25, 0.3) is 5.96 Å². The fourth-order valence-corrected chi connectivity index (χ4v) is 3.25. The van der Waals surface area contributed by atoms with Crippen LogP contribution in [0, 0.1) is 33.3 Å². The van der Waals surface area contributed by atoms with Crippen LogP contribution in [0.3, 0.4) is 0 Å². The Balaban J connectivity index is 1.64. The van der Waals surface area contributed by atoms with Crippen LogP contribution in [0.1, 0.15) is 18.1 Å². The highest BCUT2D eigenvalue weighted by atomic mass is 16.7. The summed E-state index contributed by atoms with van der Waals surface area (Å²) in [5.41, 5.74) is 1.23. The number of ether oxygens (including phenoxy) is 2. The zero-order valence-corrected chi connectivity index (χ0v) is 15.5. The van der Waals surface area contributed by atoms with Gasteiger partial charge in [0.15, 0.2) is 5.03 Å². The topological polar surface area (TPSA) is 121 Å². The Labute approximate surface area is 162 Å². The number of benzene rings is 1. The van der Waals surface area contributed by atoms with E-state index < -0.39 is 11.1 Å². The Morgan fingerprint density at radius 1 is 1.39 bits per heavy atom. The van der Waals surface area contributed by atoms with Gasteiger partial charge in [-0.15, -0.1) is 0 Å². The number of hydrogen-bond donors (Lipinski definition) is 0. The normalized spacial score (nSPS) is 23.1. The minimum absolute atomic E-state index is 0.000283. The monoisotopic (exact) mass is 387 g/mol. The predicted octanol–water partition coefficient (Wildman–Crippen LogP) is 1.64. The van der Waals surface area contributed by atoms with Crippen molar-refractivity contribution >= 4 is 12.1 Å². The van der Waals surface area contributed by atoms with Crippen molar-refractivity contribution in [2.75, 3.05) is 32.8 Å². The number of hydrogen-bond acceptors (Lipinski definition) is 6. The van der Waals surface area contributed by atoms with Gasteiger partial charge >= 0.3 is 6.09 Å². The Morgan fingerprint density at radius 2 is 2.14 bits per heavy atom. The van der Waals surface area contributed by atoms with Gasteiger partial charge in [0, 0.05) is 25.6 Å². The van der Waals surface area contributed by atoms with Gasteiger partial charge in [-0.1, -0.05) is 19.1 Å². The Morgan fingerprint density at radius 3 is 2.75 bits per heavy atom. The molecule has 2 heterocycles. The Bertz CT molecular complexity index is 804. The number of rotatable bonds is 5. The third-order valence-electron chi connectivity index (χ3n) is 4.93. The van der Waals surface area contributed by atoms with Crippen LogP contribution >= 0.6 is 0 Å². The van der Waals surface area contributed by atoms with Crippen molar-refractivity contribution < 1.29 is 19.3 Å². The van der Waals surface area contributed by atoms with E-state index in [1.54, 1.807) is 29.2 Å². The Hall–Kier alpha value is -3.19. The molecule has 2 aliphatic rings. The van der Waals surface area contributed by atoms with E-state index in [2.05, 4.69) is 12.0 Å². The van der Waals surface area contributed by atoms with Crippen LogP contribution < -0.4 is 0 Å². The van der Waals surface area contributed by atoms with Crippen molar-refractivity contribution in [3.05, 3.63) is 45.5 Å². The Kier molecular flexibility index (Phi) is 6.06. The van der Waals surface area contributed by atoms with Crippen LogP contribution in [-0.2, 0) is 16.1 Å². The number of carbonyl (C=O) groups is 1. The summed E-state index contributed by atoms with van der Waals surface area (Å²) in [7, 11) is 0. The van der Waals surface area contributed by atoms with Crippen molar-refractivity contribution in [1.29, 1.82) is 5.26 Å². The van der Waals surface area contributed by atoms with E-state index in [1.165, 1.54) is 4.90 Å². The first-order valence-electron chi connectivity index (χ1n) is 8.97. The minimum atomic E-state index is -0.802. The zero-order valence-electron chi connectivity index (χ0n) is 15.5. The molecule has 10 nitrogen and oxygen atoms in total. The number of carbonyl (C=O) groups excluding carboxylic acids is 1. The molecule has 2 unspecified atom stereocenters. The SMILES string of the molecule is CC1COCC1CN1CCN(C(=O)OCc2ccc(C#N)cc2)C1=N[N+](=O)[O-]. The van der Waals surface area contributed by atoms with Crippen LogP contribution in [0.5, 0.6) is 0 Å². The second kappa shape index (κ2) is 8.67. The lowest BCUT2D eigenvalue weighted by Crippen LogP contribution is -2.41. The molecule has 0 bridgehead atoms. The van der Waals surface area contributed by atoms with Crippen LogP contribution in [0.4, 0.5) is 4.79 Å². The number of guanidine groups is 1. The van der Waals surface area contributed by atoms with E-state index in [0.717, 1.165) is 0 Å². The van der Waals surface area contributed by atoms with Gasteiger partial charge in [-0.05, 0) is 23.6 Å². The number of nitrogens with zero attached hydrogens (tertiary/aromatic N) is 5. The number of amides is 1. The summed E-state index contributed by atoms with van der Waals surface area (Å²) in [6.45, 7) is 4.57. The van der Waals surface area contributed by atoms with Gasteiger partial charge in [0.1, 0.15) is 11.7 Å². The molecule has 2 fully saturated rings. The fraction of sp³-hybridized carbons (Fsp3) is 0.500. The van der Waals surface area contributed by atoms with Crippen molar-refractivity contribution in [3.8, 4) is 6.07 Å². The second-order valence-electron chi connectivity index (χ2n) is 6.87. The summed E-state index contributed by atoms with van der Waals surface area (Å²) in [6, 6.07) is 8.66. The summed E-state index contributed by atoms with van der Waals surface area (Å²) in [4.78, 5) is 26.4. The van der Waals surface area contributed by atoms with E-state index in [1.807, 2.05) is 6.07 Å². The zero-order chi connectivity index (χ0) is 20.1. The molecule has 10 heteroatoms. The van der Waals surface area contributed by atoms with E-state index in [9.17, 15) is 14.9 Å². The fourth-order valence-electron chi connectivity index (χ4n) is 3.25. The summed E-state index contributed by atoms with van der Waals surface area (Å²) >= 11 is 0. The van der Waals surface area contributed by atoms with Crippen molar-refractivity contribution in [1.82, 2.24) is 9.80 Å². The molecule has 0 saturated carbocycles. The first-order valence-corrected chi connectivity index (χ1v) is 8.97. The molecule has 0 aromatic heterocycles. The molecule has 28 heavy (non-hydrogen) atoms. The van der Waals surface area contributed by atoms with Crippen LogP contribution in [0.25, 0.3) is 0 Å². The maximum atomic E-state index is 12.5. The molecule has 1 amide bonds. The number of nitro groups is 1. The number of hydrazone groups is 1. The molecule has 2 atom stereocenters. The van der Waals surface area contributed by atoms with Gasteiger partial charge in [-0.2, -0.15) is 5.26 Å². The summed E-state index contributed by atoms with van der Waals surface area (Å²) in [5, 5.41) is 22.4. The quantitative estimate of drug-likeness (QED) is 0.556. The van der Waals surface area contributed by atoms with E-state index in [4.69, 9.17) is 14.7 Å². The second-order valence-corrected chi connectivity index (χ2v) is 6.87. The van der Waals surface area contributed by atoms with Crippen molar-refractivity contribution in [2.45, 2.75) is 13.5 Å². The molecule has 1 aromatic rings. The summed E-state index contributed by atoms with van der Waals surface area (Å²) in [6.07, 6.45) is -0.691. The average Bonchev–Trinajstić information content (AvgIpc) is 3.26. The molecule has 0 aliphatic carbocycles.